The van der Waals surface area contributed by atoms with E-state index in [-0.39, 0.29) is 12.2 Å². The van der Waals surface area contributed by atoms with Crippen LogP contribution in [0.3, 0.4) is 0 Å². The number of hydrogen-bond donors (Lipinski definition) is 3. The molecule has 0 spiro atoms. The molecule has 0 aliphatic heterocycles. The standard InChI is InChI=1S/C11H12BrFN4O2S/c1-6-7(4-15-17-6)5-16-20(18,19)11-3-10(14)8(12)2-9(11)13/h2-4,16H,5,14H2,1H3,(H,15,17). The number of nitrogens with two attached hydrogens (primary N) is 1. The lowest BCUT2D eigenvalue weighted by molar-refractivity contribution is 0.556. The topological polar surface area (TPSA) is 101 Å². The van der Waals surface area contributed by atoms with Crippen molar-refractivity contribution in [3.63, 3.8) is 0 Å². The van der Waals surface area contributed by atoms with Gasteiger partial charge in [-0.25, -0.2) is 17.5 Å². The molecule has 6 nitrogen and oxygen atoms in total. The molecule has 108 valence electrons. The summed E-state index contributed by atoms with van der Waals surface area (Å²) in [5.74, 6) is -0.873. The van der Waals surface area contributed by atoms with Gasteiger partial charge in [-0.2, -0.15) is 5.10 Å². The monoisotopic (exact) mass is 362 g/mol. The van der Waals surface area contributed by atoms with E-state index in [1.807, 2.05) is 0 Å². The van der Waals surface area contributed by atoms with Crippen molar-refractivity contribution in [1.82, 2.24) is 14.9 Å². The van der Waals surface area contributed by atoms with E-state index in [1.54, 1.807) is 6.92 Å². The van der Waals surface area contributed by atoms with E-state index in [9.17, 15) is 12.8 Å². The number of nitrogens with one attached hydrogen (secondary N) is 2. The smallest absolute Gasteiger partial charge is 0.243 e. The predicted molar refractivity (Wildman–Crippen MR) is 75.9 cm³/mol. The molecular weight excluding hydrogens is 351 g/mol. The van der Waals surface area contributed by atoms with E-state index in [1.165, 1.54) is 6.20 Å². The van der Waals surface area contributed by atoms with Gasteiger partial charge in [0.15, 0.2) is 0 Å². The van der Waals surface area contributed by atoms with Gasteiger partial charge < -0.3 is 5.73 Å². The van der Waals surface area contributed by atoms with Gasteiger partial charge in [0, 0.05) is 28.0 Å². The number of H-pyrrole nitrogens is 1. The summed E-state index contributed by atoms with van der Waals surface area (Å²) in [7, 11) is -3.99. The molecule has 0 saturated heterocycles. The van der Waals surface area contributed by atoms with E-state index >= 15 is 0 Å². The molecule has 2 aromatic rings. The van der Waals surface area contributed by atoms with E-state index in [2.05, 4.69) is 30.8 Å². The third-order valence-electron chi connectivity index (χ3n) is 2.73. The summed E-state index contributed by atoms with van der Waals surface area (Å²) < 4.78 is 40.5. The van der Waals surface area contributed by atoms with Crippen LogP contribution in [0.1, 0.15) is 11.3 Å². The Balaban J connectivity index is 2.27. The molecule has 20 heavy (non-hydrogen) atoms. The quantitative estimate of drug-likeness (QED) is 0.720. The van der Waals surface area contributed by atoms with Gasteiger partial charge in [-0.1, -0.05) is 0 Å². The van der Waals surface area contributed by atoms with Crippen LogP contribution in [-0.4, -0.2) is 18.6 Å². The first-order valence-corrected chi connectivity index (χ1v) is 7.82. The summed E-state index contributed by atoms with van der Waals surface area (Å²) in [6.07, 6.45) is 1.50. The maximum atomic E-state index is 13.7. The molecule has 0 aliphatic carbocycles. The highest BCUT2D eigenvalue weighted by atomic mass is 79.9. The Morgan fingerprint density at radius 3 is 2.80 bits per heavy atom. The Morgan fingerprint density at radius 2 is 2.20 bits per heavy atom. The van der Waals surface area contributed by atoms with Crippen LogP contribution in [0.2, 0.25) is 0 Å². The summed E-state index contributed by atoms with van der Waals surface area (Å²) in [6, 6.07) is 2.09. The predicted octanol–water partition coefficient (Wildman–Crippen LogP) is 1.68. The van der Waals surface area contributed by atoms with Crippen molar-refractivity contribution in [3.8, 4) is 0 Å². The van der Waals surface area contributed by atoms with Crippen LogP contribution in [0.4, 0.5) is 10.1 Å². The zero-order valence-electron chi connectivity index (χ0n) is 10.4. The van der Waals surface area contributed by atoms with E-state index in [4.69, 9.17) is 5.73 Å². The first-order valence-electron chi connectivity index (χ1n) is 5.54. The molecule has 0 aliphatic rings. The maximum Gasteiger partial charge on any atom is 0.243 e. The zero-order valence-corrected chi connectivity index (χ0v) is 12.8. The van der Waals surface area contributed by atoms with E-state index in [0.717, 1.165) is 17.8 Å². The normalized spacial score (nSPS) is 11.8. The highest BCUT2D eigenvalue weighted by Gasteiger charge is 2.20. The molecule has 0 unspecified atom stereocenters. The number of aromatic nitrogens is 2. The summed E-state index contributed by atoms with van der Waals surface area (Å²) in [6.45, 7) is 1.77. The molecule has 1 aromatic carbocycles. The summed E-state index contributed by atoms with van der Waals surface area (Å²) >= 11 is 3.03. The van der Waals surface area contributed by atoms with Crippen molar-refractivity contribution in [1.29, 1.82) is 0 Å². The maximum absolute atomic E-state index is 13.7. The Bertz CT molecular complexity index is 745. The van der Waals surface area contributed by atoms with Crippen molar-refractivity contribution < 1.29 is 12.8 Å². The number of nitrogen functional groups attached to an aromatic ring is 1. The Morgan fingerprint density at radius 1 is 1.50 bits per heavy atom. The molecule has 0 amide bonds. The third-order valence-corrected chi connectivity index (χ3v) is 4.83. The molecule has 2 rings (SSSR count). The molecule has 4 N–H and O–H groups in total. The minimum absolute atomic E-state index is 0.0140. The first kappa shape index (κ1) is 14.9. The van der Waals surface area contributed by atoms with E-state index < -0.39 is 20.7 Å². The zero-order chi connectivity index (χ0) is 14.9. The van der Waals surface area contributed by atoms with Gasteiger partial charge in [0.05, 0.1) is 6.20 Å². The van der Waals surface area contributed by atoms with Crippen molar-refractivity contribution in [3.05, 3.63) is 39.9 Å². The number of benzene rings is 1. The average molecular weight is 363 g/mol. The first-order chi connectivity index (χ1) is 9.31. The van der Waals surface area contributed by atoms with Gasteiger partial charge in [-0.05, 0) is 35.0 Å². The molecule has 0 radical (unpaired) electrons. The molecule has 1 heterocycles. The van der Waals surface area contributed by atoms with Crippen LogP contribution in [0.25, 0.3) is 0 Å². The highest BCUT2D eigenvalue weighted by molar-refractivity contribution is 9.10. The Kier molecular flexibility index (Phi) is 4.11. The van der Waals surface area contributed by atoms with E-state index in [0.29, 0.717) is 10.0 Å². The van der Waals surface area contributed by atoms with Gasteiger partial charge in [0.2, 0.25) is 10.0 Å². The van der Waals surface area contributed by atoms with Gasteiger partial charge in [0.1, 0.15) is 10.7 Å². The summed E-state index contributed by atoms with van der Waals surface area (Å²) in [5.41, 5.74) is 7.14. The van der Waals surface area contributed by atoms with Crippen molar-refractivity contribution in [2.45, 2.75) is 18.4 Å². The second kappa shape index (κ2) is 5.51. The molecule has 0 saturated carbocycles. The largest absolute Gasteiger partial charge is 0.398 e. The molecule has 1 aromatic heterocycles. The van der Waals surface area contributed by atoms with Gasteiger partial charge >= 0.3 is 0 Å². The second-order valence-electron chi connectivity index (χ2n) is 4.15. The number of hydrogen-bond acceptors (Lipinski definition) is 4. The van der Waals surface area contributed by atoms with Crippen LogP contribution in [0.15, 0.2) is 27.7 Å². The lowest BCUT2D eigenvalue weighted by Gasteiger charge is -2.09. The molecule has 9 heteroatoms. The number of aromatic amines is 1. The third kappa shape index (κ3) is 3.00. The van der Waals surface area contributed by atoms with Crippen LogP contribution >= 0.6 is 15.9 Å². The molecule has 0 atom stereocenters. The number of sulfonamides is 1. The molecule has 0 bridgehead atoms. The number of halogens is 2. The number of rotatable bonds is 4. The fraction of sp³-hybridized carbons (Fsp3) is 0.182. The highest BCUT2D eigenvalue weighted by Crippen LogP contribution is 2.26. The average Bonchev–Trinajstić information content (AvgIpc) is 2.77. The minimum atomic E-state index is -3.99. The lowest BCUT2D eigenvalue weighted by Crippen LogP contribution is -2.24. The van der Waals surface area contributed by atoms with Crippen LogP contribution in [-0.2, 0) is 16.6 Å². The van der Waals surface area contributed by atoms with Crippen LogP contribution in [0, 0.1) is 12.7 Å². The van der Waals surface area contributed by atoms with Crippen molar-refractivity contribution in [2.24, 2.45) is 0 Å². The van der Waals surface area contributed by atoms with Crippen molar-refractivity contribution in [2.75, 3.05) is 5.73 Å². The summed E-state index contributed by atoms with van der Waals surface area (Å²) in [5, 5.41) is 6.47. The van der Waals surface area contributed by atoms with Crippen LogP contribution in [0.5, 0.6) is 0 Å². The van der Waals surface area contributed by atoms with Crippen LogP contribution < -0.4 is 10.5 Å². The number of anilines is 1. The fourth-order valence-corrected chi connectivity index (χ4v) is 2.97. The Labute approximate surface area is 123 Å². The Hall–Kier alpha value is -1.45. The molecular formula is C11H12BrFN4O2S. The van der Waals surface area contributed by atoms with Crippen molar-refractivity contribution >= 4 is 31.6 Å². The second-order valence-corrected chi connectivity index (χ2v) is 6.74. The fourth-order valence-electron chi connectivity index (χ4n) is 1.56. The lowest BCUT2D eigenvalue weighted by atomic mass is 10.3. The number of aryl methyl sites for hydroxylation is 1. The van der Waals surface area contributed by atoms with Gasteiger partial charge in [0.25, 0.3) is 0 Å². The SMILES string of the molecule is Cc1[nH]ncc1CNS(=O)(=O)c1cc(N)c(Br)cc1F. The number of nitrogens with zero attached hydrogens (tertiary/aromatic N) is 1. The molecule has 0 fully saturated rings. The van der Waals surface area contributed by atoms with Gasteiger partial charge in [-0.15, -0.1) is 0 Å². The summed E-state index contributed by atoms with van der Waals surface area (Å²) in [4.78, 5) is -0.487. The van der Waals surface area contributed by atoms with Gasteiger partial charge in [-0.3, -0.25) is 5.10 Å². The minimum Gasteiger partial charge on any atom is -0.398 e.